The second kappa shape index (κ2) is 8.02. The number of nitrogens with one attached hydrogen (secondary N) is 1. The summed E-state index contributed by atoms with van der Waals surface area (Å²) in [5, 5.41) is 5.07. The van der Waals surface area contributed by atoms with Gasteiger partial charge in [-0.05, 0) is 47.0 Å². The van der Waals surface area contributed by atoms with Crippen LogP contribution in [-0.2, 0) is 11.2 Å². The van der Waals surface area contributed by atoms with Gasteiger partial charge in [0, 0.05) is 12.8 Å². The van der Waals surface area contributed by atoms with Crippen molar-refractivity contribution in [3.63, 3.8) is 0 Å². The molecule has 0 aliphatic carbocycles. The van der Waals surface area contributed by atoms with Gasteiger partial charge < -0.3 is 10.1 Å². The fourth-order valence-electron chi connectivity index (χ4n) is 3.54. The molecule has 1 amide bonds. The molecular weight excluding hydrogens is 402 g/mol. The van der Waals surface area contributed by atoms with Crippen molar-refractivity contribution >= 4 is 38.8 Å². The summed E-state index contributed by atoms with van der Waals surface area (Å²) in [6, 6.07) is 12.5. The maximum atomic E-state index is 12.7. The fraction of sp³-hybridized carbons (Fsp3) is 0.227. The molecule has 1 atom stereocenters. The average Bonchev–Trinajstić information content (AvgIpc) is 3.50. The highest BCUT2D eigenvalue weighted by atomic mass is 32.1. The van der Waals surface area contributed by atoms with Crippen LogP contribution in [0.5, 0.6) is 0 Å². The van der Waals surface area contributed by atoms with Crippen molar-refractivity contribution in [1.82, 2.24) is 15.3 Å². The van der Waals surface area contributed by atoms with Crippen LogP contribution in [0.3, 0.4) is 0 Å². The number of fused-ring (bicyclic) bond motifs is 1. The molecule has 4 heterocycles. The molecule has 1 aliphatic rings. The summed E-state index contributed by atoms with van der Waals surface area (Å²) in [6.45, 7) is 1.27. The van der Waals surface area contributed by atoms with Gasteiger partial charge >= 0.3 is 0 Å². The second-order valence-electron chi connectivity index (χ2n) is 7.07. The lowest BCUT2D eigenvalue weighted by atomic mass is 10.0. The summed E-state index contributed by atoms with van der Waals surface area (Å²) in [7, 11) is 0. The topological polar surface area (TPSA) is 64.1 Å². The molecular formula is C22H19N3O2S2. The van der Waals surface area contributed by atoms with Crippen molar-refractivity contribution in [2.24, 2.45) is 0 Å². The normalized spacial score (nSPS) is 16.3. The number of carbonyl (C=O) groups is 1. The molecule has 0 bridgehead atoms. The number of hydrogen-bond acceptors (Lipinski definition) is 6. The van der Waals surface area contributed by atoms with Gasteiger partial charge in [0.1, 0.15) is 5.69 Å². The molecule has 0 radical (unpaired) electrons. The molecule has 5 nitrogen and oxygen atoms in total. The van der Waals surface area contributed by atoms with E-state index >= 15 is 0 Å². The summed E-state index contributed by atoms with van der Waals surface area (Å²) < 4.78 is 6.49. The smallest absolute Gasteiger partial charge is 0.270 e. The zero-order chi connectivity index (χ0) is 19.6. The Kier molecular flexibility index (Phi) is 5.10. The Morgan fingerprint density at radius 2 is 2.10 bits per heavy atom. The molecule has 1 fully saturated rings. The first kappa shape index (κ1) is 18.4. The van der Waals surface area contributed by atoms with Crippen molar-refractivity contribution < 1.29 is 9.53 Å². The van der Waals surface area contributed by atoms with Crippen LogP contribution in [0.2, 0.25) is 0 Å². The van der Waals surface area contributed by atoms with Crippen LogP contribution in [-0.4, -0.2) is 35.1 Å². The number of benzene rings is 1. The third-order valence-electron chi connectivity index (χ3n) is 5.05. The number of rotatable bonds is 5. The quantitative estimate of drug-likeness (QED) is 0.514. The molecule has 1 saturated heterocycles. The van der Waals surface area contributed by atoms with E-state index in [1.807, 2.05) is 29.2 Å². The number of carbonyl (C=O) groups excluding carboxylic acids is 1. The molecule has 1 N–H and O–H groups in total. The number of aromatic nitrogens is 2. The highest BCUT2D eigenvalue weighted by molar-refractivity contribution is 7.17. The first-order valence-electron chi connectivity index (χ1n) is 9.50. The van der Waals surface area contributed by atoms with E-state index in [0.29, 0.717) is 18.9 Å². The Morgan fingerprint density at radius 1 is 1.21 bits per heavy atom. The third-order valence-corrected chi connectivity index (χ3v) is 6.85. The zero-order valence-corrected chi connectivity index (χ0v) is 17.3. The van der Waals surface area contributed by atoms with Gasteiger partial charge in [0.2, 0.25) is 0 Å². The molecule has 3 aromatic heterocycles. The largest absolute Gasteiger partial charge is 0.379 e. The van der Waals surface area contributed by atoms with Crippen molar-refractivity contribution in [2.45, 2.75) is 18.9 Å². The van der Waals surface area contributed by atoms with Gasteiger partial charge in [-0.2, -0.15) is 0 Å². The van der Waals surface area contributed by atoms with Crippen LogP contribution < -0.4 is 5.32 Å². The SMILES string of the molecule is O=C(N[C@@H]1CCOC1)c1cc(Cc2ccc(-c3cncs3)cc2)c2sccc2n1. The van der Waals surface area contributed by atoms with Crippen LogP contribution in [0.15, 0.2) is 53.5 Å². The molecule has 1 aliphatic heterocycles. The molecule has 5 rings (SSSR count). The number of pyridine rings is 1. The summed E-state index contributed by atoms with van der Waals surface area (Å²) in [4.78, 5) is 22.6. The van der Waals surface area contributed by atoms with Crippen LogP contribution >= 0.6 is 22.7 Å². The van der Waals surface area contributed by atoms with E-state index in [9.17, 15) is 4.79 Å². The molecule has 29 heavy (non-hydrogen) atoms. The van der Waals surface area contributed by atoms with Crippen molar-refractivity contribution in [3.05, 3.63) is 70.3 Å². The van der Waals surface area contributed by atoms with Crippen molar-refractivity contribution in [2.75, 3.05) is 13.2 Å². The predicted molar refractivity (Wildman–Crippen MR) is 117 cm³/mol. The van der Waals surface area contributed by atoms with Gasteiger partial charge in [-0.1, -0.05) is 24.3 Å². The van der Waals surface area contributed by atoms with Crippen LogP contribution in [0.1, 0.15) is 28.0 Å². The predicted octanol–water partition coefficient (Wildman–Crippen LogP) is 4.53. The summed E-state index contributed by atoms with van der Waals surface area (Å²) in [5.41, 5.74) is 6.70. The fourth-order valence-corrected chi connectivity index (χ4v) is 5.02. The number of amides is 1. The minimum Gasteiger partial charge on any atom is -0.379 e. The van der Waals surface area contributed by atoms with Gasteiger partial charge in [-0.25, -0.2) is 4.98 Å². The van der Waals surface area contributed by atoms with Crippen molar-refractivity contribution in [1.29, 1.82) is 0 Å². The van der Waals surface area contributed by atoms with E-state index in [0.717, 1.165) is 33.5 Å². The maximum Gasteiger partial charge on any atom is 0.270 e. The summed E-state index contributed by atoms with van der Waals surface area (Å²) >= 11 is 3.30. The van der Waals surface area contributed by atoms with Gasteiger partial charge in [0.25, 0.3) is 5.91 Å². The minimum absolute atomic E-state index is 0.0743. The highest BCUT2D eigenvalue weighted by Crippen LogP contribution is 2.28. The Bertz CT molecular complexity index is 1130. The molecule has 0 saturated carbocycles. The Balaban J connectivity index is 1.41. The summed E-state index contributed by atoms with van der Waals surface area (Å²) in [6.07, 6.45) is 3.50. The molecule has 1 aromatic carbocycles. The van der Waals surface area contributed by atoms with Gasteiger partial charge in [0.05, 0.1) is 33.3 Å². The zero-order valence-electron chi connectivity index (χ0n) is 15.6. The molecule has 0 unspecified atom stereocenters. The highest BCUT2D eigenvalue weighted by Gasteiger charge is 2.20. The molecule has 4 aromatic rings. The minimum atomic E-state index is -0.129. The third kappa shape index (κ3) is 3.94. The van der Waals surface area contributed by atoms with E-state index in [2.05, 4.69) is 39.6 Å². The number of thiazole rings is 1. The van der Waals surface area contributed by atoms with E-state index in [-0.39, 0.29) is 11.9 Å². The lowest BCUT2D eigenvalue weighted by Gasteiger charge is -2.12. The molecule has 0 spiro atoms. The Labute approximate surface area is 176 Å². The monoisotopic (exact) mass is 421 g/mol. The lowest BCUT2D eigenvalue weighted by Crippen LogP contribution is -2.35. The van der Waals surface area contributed by atoms with Crippen LogP contribution in [0.4, 0.5) is 0 Å². The molecule has 146 valence electrons. The van der Waals surface area contributed by atoms with E-state index in [4.69, 9.17) is 4.74 Å². The van der Waals surface area contributed by atoms with Crippen LogP contribution in [0.25, 0.3) is 20.7 Å². The maximum absolute atomic E-state index is 12.7. The Morgan fingerprint density at radius 3 is 2.86 bits per heavy atom. The first-order chi connectivity index (χ1) is 14.3. The average molecular weight is 422 g/mol. The number of hydrogen-bond donors (Lipinski definition) is 1. The lowest BCUT2D eigenvalue weighted by molar-refractivity contribution is 0.0925. The van der Waals surface area contributed by atoms with Crippen molar-refractivity contribution in [3.8, 4) is 10.4 Å². The van der Waals surface area contributed by atoms with Gasteiger partial charge in [0.15, 0.2) is 0 Å². The number of nitrogens with zero attached hydrogens (tertiary/aromatic N) is 2. The second-order valence-corrected chi connectivity index (χ2v) is 8.88. The molecule has 7 heteroatoms. The van der Waals surface area contributed by atoms with E-state index in [1.165, 1.54) is 11.1 Å². The van der Waals surface area contributed by atoms with Gasteiger partial charge in [-0.15, -0.1) is 22.7 Å². The van der Waals surface area contributed by atoms with Gasteiger partial charge in [-0.3, -0.25) is 9.78 Å². The van der Waals surface area contributed by atoms with E-state index in [1.54, 1.807) is 22.7 Å². The number of thiophene rings is 1. The standard InChI is InChI=1S/C22H19N3O2S2/c26-22(24-17-5-7-27-12-17)19-10-16(21-18(25-19)6-8-28-21)9-14-1-3-15(4-2-14)20-11-23-13-29-20/h1-4,6,8,10-11,13,17H,5,7,9,12H2,(H,24,26)/t17-/m1/s1. The van der Waals surface area contributed by atoms with E-state index < -0.39 is 0 Å². The Hall–Kier alpha value is -2.61. The first-order valence-corrected chi connectivity index (χ1v) is 11.3. The number of ether oxygens (including phenoxy) is 1. The summed E-state index contributed by atoms with van der Waals surface area (Å²) in [5.74, 6) is -0.129. The van der Waals surface area contributed by atoms with Crippen LogP contribution in [0, 0.1) is 0 Å².